The predicted molar refractivity (Wildman–Crippen MR) is 66.2 cm³/mol. The molecule has 1 amide bonds. The molecule has 0 aliphatic carbocycles. The van der Waals surface area contributed by atoms with Crippen molar-refractivity contribution in [3.05, 3.63) is 35.9 Å². The second-order valence-electron chi connectivity index (χ2n) is 3.67. The van der Waals surface area contributed by atoms with Crippen molar-refractivity contribution >= 4 is 18.5 Å². The van der Waals surface area contributed by atoms with E-state index in [2.05, 4.69) is 24.8 Å². The fourth-order valence-electron chi connectivity index (χ4n) is 1.37. The van der Waals surface area contributed by atoms with Crippen LogP contribution in [0.2, 0.25) is 0 Å². The van der Waals surface area contributed by atoms with E-state index in [0.717, 1.165) is 13.0 Å². The highest BCUT2D eigenvalue weighted by Crippen LogP contribution is 2.03. The molecule has 0 saturated carbocycles. The third kappa shape index (κ3) is 3.96. The summed E-state index contributed by atoms with van der Waals surface area (Å²) in [7, 11) is 1.82. The van der Waals surface area contributed by atoms with Crippen molar-refractivity contribution in [3.63, 3.8) is 0 Å². The van der Waals surface area contributed by atoms with Gasteiger partial charge in [-0.05, 0) is 18.9 Å². The number of hydrogen-bond acceptors (Lipinski definition) is 2. The molecule has 0 N–H and O–H groups in total. The molecule has 0 aliphatic rings. The lowest BCUT2D eigenvalue weighted by Gasteiger charge is -2.18. The summed E-state index contributed by atoms with van der Waals surface area (Å²) in [6.07, 6.45) is 0.892. The van der Waals surface area contributed by atoms with E-state index in [1.54, 1.807) is 11.8 Å². The molecule has 0 aromatic heterocycles. The van der Waals surface area contributed by atoms with Gasteiger partial charge in [-0.3, -0.25) is 4.79 Å². The van der Waals surface area contributed by atoms with E-state index < -0.39 is 0 Å². The van der Waals surface area contributed by atoms with Crippen LogP contribution in [0.1, 0.15) is 12.5 Å². The Morgan fingerprint density at radius 1 is 1.40 bits per heavy atom. The quantitative estimate of drug-likeness (QED) is 0.774. The highest BCUT2D eigenvalue weighted by molar-refractivity contribution is 7.81. The van der Waals surface area contributed by atoms with Crippen LogP contribution in [-0.4, -0.2) is 29.6 Å². The molecule has 15 heavy (non-hydrogen) atoms. The molecule has 0 fully saturated rings. The lowest BCUT2D eigenvalue weighted by atomic mass is 10.1. The summed E-state index contributed by atoms with van der Waals surface area (Å²) in [4.78, 5) is 13.2. The third-order valence-electron chi connectivity index (χ3n) is 2.31. The molecular weight excluding hydrogens is 206 g/mol. The number of rotatable bonds is 4. The summed E-state index contributed by atoms with van der Waals surface area (Å²) in [6, 6.07) is 10.2. The van der Waals surface area contributed by atoms with Crippen LogP contribution < -0.4 is 0 Å². The molecule has 0 radical (unpaired) electrons. The smallest absolute Gasteiger partial charge is 0.234 e. The minimum Gasteiger partial charge on any atom is -0.344 e. The average molecular weight is 223 g/mol. The van der Waals surface area contributed by atoms with Crippen molar-refractivity contribution in [2.45, 2.75) is 18.6 Å². The van der Waals surface area contributed by atoms with Gasteiger partial charge in [0.1, 0.15) is 0 Å². The van der Waals surface area contributed by atoms with Crippen molar-refractivity contribution in [1.29, 1.82) is 0 Å². The Balaban J connectivity index is 2.41. The first-order valence-corrected chi connectivity index (χ1v) is 5.60. The minimum absolute atomic E-state index is 0.0780. The number of hydrogen-bond donors (Lipinski definition) is 1. The maximum atomic E-state index is 11.5. The van der Waals surface area contributed by atoms with Gasteiger partial charge in [-0.1, -0.05) is 30.3 Å². The molecular formula is C12H17NOS. The maximum absolute atomic E-state index is 11.5. The van der Waals surface area contributed by atoms with Crippen molar-refractivity contribution in [2.24, 2.45) is 0 Å². The van der Waals surface area contributed by atoms with Gasteiger partial charge in [0.2, 0.25) is 5.91 Å². The van der Waals surface area contributed by atoms with Crippen LogP contribution in [-0.2, 0) is 11.2 Å². The standard InChI is InChI=1S/C12H17NOS/c1-10(15)12(14)13(2)9-8-11-6-4-3-5-7-11/h3-7,10,15H,8-9H2,1-2H3. The largest absolute Gasteiger partial charge is 0.344 e. The molecule has 3 heteroatoms. The van der Waals surface area contributed by atoms with Crippen LogP contribution in [0.5, 0.6) is 0 Å². The van der Waals surface area contributed by atoms with Gasteiger partial charge in [0.25, 0.3) is 0 Å². The summed E-state index contributed by atoms with van der Waals surface area (Å²) in [5.41, 5.74) is 1.25. The molecule has 0 bridgehead atoms. The summed E-state index contributed by atoms with van der Waals surface area (Å²) in [5, 5.41) is -0.217. The number of likely N-dealkylation sites (N-methyl/N-ethyl adjacent to an activating group) is 1. The lowest BCUT2D eigenvalue weighted by molar-refractivity contribution is -0.128. The molecule has 1 aromatic carbocycles. The second kappa shape index (κ2) is 5.81. The predicted octanol–water partition coefficient (Wildman–Crippen LogP) is 2.01. The molecule has 82 valence electrons. The van der Waals surface area contributed by atoms with E-state index in [4.69, 9.17) is 0 Å². The summed E-state index contributed by atoms with van der Waals surface area (Å²) in [5.74, 6) is 0.0780. The van der Waals surface area contributed by atoms with E-state index in [1.165, 1.54) is 5.56 Å². The van der Waals surface area contributed by atoms with Gasteiger partial charge in [-0.25, -0.2) is 0 Å². The number of amides is 1. The van der Waals surface area contributed by atoms with Gasteiger partial charge >= 0.3 is 0 Å². The molecule has 1 rings (SSSR count). The van der Waals surface area contributed by atoms with Crippen LogP contribution in [0.4, 0.5) is 0 Å². The van der Waals surface area contributed by atoms with Gasteiger partial charge in [-0.2, -0.15) is 12.6 Å². The van der Waals surface area contributed by atoms with E-state index in [0.29, 0.717) is 0 Å². The van der Waals surface area contributed by atoms with E-state index in [9.17, 15) is 4.79 Å². The topological polar surface area (TPSA) is 20.3 Å². The fraction of sp³-hybridized carbons (Fsp3) is 0.417. The fourth-order valence-corrected chi connectivity index (χ4v) is 1.57. The zero-order chi connectivity index (χ0) is 11.3. The molecule has 0 spiro atoms. The normalized spacial score (nSPS) is 12.2. The first kappa shape index (κ1) is 12.1. The van der Waals surface area contributed by atoms with Crippen LogP contribution in [0, 0.1) is 0 Å². The molecule has 2 nitrogen and oxygen atoms in total. The third-order valence-corrected chi connectivity index (χ3v) is 2.53. The monoisotopic (exact) mass is 223 g/mol. The Hall–Kier alpha value is -0.960. The number of thiol groups is 1. The zero-order valence-corrected chi connectivity index (χ0v) is 10.1. The minimum atomic E-state index is -0.217. The van der Waals surface area contributed by atoms with E-state index in [1.807, 2.05) is 25.2 Å². The number of benzene rings is 1. The molecule has 1 atom stereocenters. The van der Waals surface area contributed by atoms with Gasteiger partial charge in [0.05, 0.1) is 5.25 Å². The van der Waals surface area contributed by atoms with Crippen molar-refractivity contribution in [2.75, 3.05) is 13.6 Å². The van der Waals surface area contributed by atoms with Crippen molar-refractivity contribution in [1.82, 2.24) is 4.90 Å². The lowest BCUT2D eigenvalue weighted by Crippen LogP contribution is -2.33. The average Bonchev–Trinajstić information content (AvgIpc) is 2.26. The van der Waals surface area contributed by atoms with Crippen LogP contribution in [0.3, 0.4) is 0 Å². The zero-order valence-electron chi connectivity index (χ0n) is 9.18. The first-order chi connectivity index (χ1) is 7.11. The second-order valence-corrected chi connectivity index (χ2v) is 4.45. The summed E-state index contributed by atoms with van der Waals surface area (Å²) < 4.78 is 0. The SMILES string of the molecule is CC(S)C(=O)N(C)CCc1ccccc1. The highest BCUT2D eigenvalue weighted by Gasteiger charge is 2.12. The highest BCUT2D eigenvalue weighted by atomic mass is 32.1. The van der Waals surface area contributed by atoms with Crippen LogP contribution >= 0.6 is 12.6 Å². The van der Waals surface area contributed by atoms with Gasteiger partial charge < -0.3 is 4.90 Å². The van der Waals surface area contributed by atoms with Crippen LogP contribution in [0.15, 0.2) is 30.3 Å². The maximum Gasteiger partial charge on any atom is 0.234 e. The van der Waals surface area contributed by atoms with Gasteiger partial charge in [0.15, 0.2) is 0 Å². The first-order valence-electron chi connectivity index (χ1n) is 5.08. The Labute approximate surface area is 96.7 Å². The van der Waals surface area contributed by atoms with E-state index in [-0.39, 0.29) is 11.2 Å². The number of carbonyl (C=O) groups excluding carboxylic acids is 1. The van der Waals surface area contributed by atoms with Crippen LogP contribution in [0.25, 0.3) is 0 Å². The molecule has 0 aliphatic heterocycles. The molecule has 0 saturated heterocycles. The molecule has 1 unspecified atom stereocenters. The number of nitrogens with zero attached hydrogens (tertiary/aromatic N) is 1. The molecule has 1 aromatic rings. The summed E-state index contributed by atoms with van der Waals surface area (Å²) in [6.45, 7) is 2.54. The van der Waals surface area contributed by atoms with Crippen molar-refractivity contribution < 1.29 is 4.79 Å². The van der Waals surface area contributed by atoms with Crippen molar-refractivity contribution in [3.8, 4) is 0 Å². The summed E-state index contributed by atoms with van der Waals surface area (Å²) >= 11 is 4.12. The Kier molecular flexibility index (Phi) is 4.69. The molecule has 0 heterocycles. The number of carbonyl (C=O) groups is 1. The Morgan fingerprint density at radius 2 is 2.00 bits per heavy atom. The van der Waals surface area contributed by atoms with Gasteiger partial charge in [-0.15, -0.1) is 0 Å². The van der Waals surface area contributed by atoms with Gasteiger partial charge in [0, 0.05) is 13.6 Å². The Bertz CT molecular complexity index is 311. The van der Waals surface area contributed by atoms with E-state index >= 15 is 0 Å². The Morgan fingerprint density at radius 3 is 2.53 bits per heavy atom.